The van der Waals surface area contributed by atoms with E-state index in [1.807, 2.05) is 0 Å². The number of hydrogen-bond acceptors (Lipinski definition) is 2. The predicted molar refractivity (Wildman–Crippen MR) is 61.0 cm³/mol. The molecule has 0 aromatic carbocycles. The Hall–Kier alpha value is 0.210. The average molecular weight is 220 g/mol. The van der Waals surface area contributed by atoms with Crippen molar-refractivity contribution >= 4 is 11.6 Å². The second-order valence-corrected chi connectivity index (χ2v) is 5.54. The van der Waals surface area contributed by atoms with Gasteiger partial charge < -0.3 is 10.1 Å². The summed E-state index contributed by atoms with van der Waals surface area (Å²) in [6.45, 7) is 8.98. The summed E-state index contributed by atoms with van der Waals surface area (Å²) in [6.07, 6.45) is 2.56. The van der Waals surface area contributed by atoms with E-state index in [2.05, 4.69) is 26.1 Å². The van der Waals surface area contributed by atoms with Gasteiger partial charge in [-0.2, -0.15) is 0 Å². The highest BCUT2D eigenvalue weighted by molar-refractivity contribution is 6.18. The molecule has 0 aliphatic heterocycles. The largest absolute Gasteiger partial charge is 0.375 e. The first-order chi connectivity index (χ1) is 6.47. The van der Waals surface area contributed by atoms with Crippen molar-refractivity contribution < 1.29 is 4.74 Å². The van der Waals surface area contributed by atoms with Gasteiger partial charge in [-0.3, -0.25) is 0 Å². The van der Waals surface area contributed by atoms with Gasteiger partial charge in [0.05, 0.1) is 12.2 Å². The van der Waals surface area contributed by atoms with Gasteiger partial charge in [0, 0.05) is 19.0 Å². The summed E-state index contributed by atoms with van der Waals surface area (Å²) >= 11 is 5.87. The molecule has 1 rings (SSSR count). The van der Waals surface area contributed by atoms with E-state index in [1.165, 1.54) is 12.8 Å². The van der Waals surface area contributed by atoms with Gasteiger partial charge in [-0.1, -0.05) is 0 Å². The SMILES string of the molecule is CC(C)(C)OCCNCC1(CCl)CC1. The van der Waals surface area contributed by atoms with Gasteiger partial charge in [-0.05, 0) is 39.0 Å². The Kier molecular flexibility index (Phi) is 4.23. The molecule has 84 valence electrons. The highest BCUT2D eigenvalue weighted by atomic mass is 35.5. The van der Waals surface area contributed by atoms with Gasteiger partial charge in [-0.25, -0.2) is 0 Å². The molecule has 0 aromatic rings. The molecule has 0 radical (unpaired) electrons. The van der Waals surface area contributed by atoms with E-state index < -0.39 is 0 Å². The van der Waals surface area contributed by atoms with Crippen molar-refractivity contribution in [2.24, 2.45) is 5.41 Å². The molecule has 0 heterocycles. The standard InChI is InChI=1S/C11H22ClNO/c1-10(2,3)14-7-6-13-9-11(8-12)4-5-11/h13H,4-9H2,1-3H3. The maximum atomic E-state index is 5.87. The smallest absolute Gasteiger partial charge is 0.0599 e. The third-order valence-corrected chi connectivity index (χ3v) is 3.12. The zero-order valence-electron chi connectivity index (χ0n) is 9.53. The number of nitrogens with one attached hydrogen (secondary N) is 1. The summed E-state index contributed by atoms with van der Waals surface area (Å²) in [4.78, 5) is 0. The van der Waals surface area contributed by atoms with Crippen LogP contribution in [0.4, 0.5) is 0 Å². The second-order valence-electron chi connectivity index (χ2n) is 5.27. The molecule has 2 nitrogen and oxygen atoms in total. The topological polar surface area (TPSA) is 21.3 Å². The number of halogens is 1. The lowest BCUT2D eigenvalue weighted by Crippen LogP contribution is -2.31. The van der Waals surface area contributed by atoms with Crippen molar-refractivity contribution in [2.45, 2.75) is 39.2 Å². The minimum Gasteiger partial charge on any atom is -0.375 e. The molecular formula is C11H22ClNO. The lowest BCUT2D eigenvalue weighted by Gasteiger charge is -2.20. The van der Waals surface area contributed by atoms with Gasteiger partial charge in [0.2, 0.25) is 0 Å². The van der Waals surface area contributed by atoms with E-state index in [4.69, 9.17) is 16.3 Å². The molecule has 0 bridgehead atoms. The normalized spacial score (nSPS) is 19.7. The molecule has 0 unspecified atom stereocenters. The van der Waals surface area contributed by atoms with E-state index in [0.717, 1.165) is 25.6 Å². The third-order valence-electron chi connectivity index (χ3n) is 2.55. The van der Waals surface area contributed by atoms with Gasteiger partial charge in [0.15, 0.2) is 0 Å². The van der Waals surface area contributed by atoms with Crippen LogP contribution in [0, 0.1) is 5.41 Å². The molecule has 1 saturated carbocycles. The van der Waals surface area contributed by atoms with Gasteiger partial charge >= 0.3 is 0 Å². The Morgan fingerprint density at radius 2 is 2.00 bits per heavy atom. The molecule has 0 amide bonds. The summed E-state index contributed by atoms with van der Waals surface area (Å²) in [6, 6.07) is 0. The predicted octanol–water partition coefficient (Wildman–Crippen LogP) is 2.41. The monoisotopic (exact) mass is 219 g/mol. The first kappa shape index (κ1) is 12.3. The van der Waals surface area contributed by atoms with E-state index in [1.54, 1.807) is 0 Å². The average Bonchev–Trinajstić information content (AvgIpc) is 2.83. The highest BCUT2D eigenvalue weighted by Gasteiger charge is 2.40. The molecule has 3 heteroatoms. The maximum absolute atomic E-state index is 5.87. The molecule has 1 aliphatic rings. The minimum atomic E-state index is -0.0224. The van der Waals surface area contributed by atoms with Crippen LogP contribution < -0.4 is 5.32 Å². The summed E-state index contributed by atoms with van der Waals surface area (Å²) in [7, 11) is 0. The Balaban J connectivity index is 1.95. The number of alkyl halides is 1. The van der Waals surface area contributed by atoms with Crippen LogP contribution in [0.3, 0.4) is 0 Å². The molecule has 14 heavy (non-hydrogen) atoms. The van der Waals surface area contributed by atoms with Crippen LogP contribution in [-0.2, 0) is 4.74 Å². The molecule has 0 saturated heterocycles. The zero-order valence-corrected chi connectivity index (χ0v) is 10.3. The maximum Gasteiger partial charge on any atom is 0.0599 e. The van der Waals surface area contributed by atoms with Crippen molar-refractivity contribution in [3.05, 3.63) is 0 Å². The van der Waals surface area contributed by atoms with E-state index in [-0.39, 0.29) is 5.60 Å². The van der Waals surface area contributed by atoms with Crippen LogP contribution in [0.25, 0.3) is 0 Å². The third kappa shape index (κ3) is 4.63. The Bertz CT molecular complexity index is 173. The fraction of sp³-hybridized carbons (Fsp3) is 1.00. The van der Waals surface area contributed by atoms with Crippen molar-refractivity contribution in [3.63, 3.8) is 0 Å². The molecule has 0 atom stereocenters. The Morgan fingerprint density at radius 3 is 2.43 bits per heavy atom. The molecule has 1 aliphatic carbocycles. The van der Waals surface area contributed by atoms with E-state index in [0.29, 0.717) is 5.41 Å². The first-order valence-electron chi connectivity index (χ1n) is 5.38. The first-order valence-corrected chi connectivity index (χ1v) is 5.92. The quantitative estimate of drug-likeness (QED) is 0.547. The highest BCUT2D eigenvalue weighted by Crippen LogP contribution is 2.45. The van der Waals surface area contributed by atoms with E-state index in [9.17, 15) is 0 Å². The van der Waals surface area contributed by atoms with E-state index >= 15 is 0 Å². The summed E-state index contributed by atoms with van der Waals surface area (Å²) in [5, 5.41) is 3.40. The number of ether oxygens (including phenoxy) is 1. The fourth-order valence-electron chi connectivity index (χ4n) is 1.32. The van der Waals surface area contributed by atoms with Crippen molar-refractivity contribution in [3.8, 4) is 0 Å². The number of rotatable bonds is 6. The van der Waals surface area contributed by atoms with Crippen LogP contribution >= 0.6 is 11.6 Å². The van der Waals surface area contributed by atoms with Crippen LogP contribution in [0.2, 0.25) is 0 Å². The zero-order chi connectivity index (χ0) is 10.7. The second kappa shape index (κ2) is 4.82. The summed E-state index contributed by atoms with van der Waals surface area (Å²) in [5.41, 5.74) is 0.398. The molecule has 0 spiro atoms. The van der Waals surface area contributed by atoms with Crippen LogP contribution in [0.1, 0.15) is 33.6 Å². The molecular weight excluding hydrogens is 198 g/mol. The van der Waals surface area contributed by atoms with Crippen LogP contribution in [-0.4, -0.2) is 31.2 Å². The van der Waals surface area contributed by atoms with Crippen molar-refractivity contribution in [1.29, 1.82) is 0 Å². The Labute approximate surface area is 92.3 Å². The lowest BCUT2D eigenvalue weighted by molar-refractivity contribution is -0.00102. The van der Waals surface area contributed by atoms with Gasteiger partial charge in [-0.15, -0.1) is 11.6 Å². The van der Waals surface area contributed by atoms with Crippen LogP contribution in [0.15, 0.2) is 0 Å². The van der Waals surface area contributed by atoms with Gasteiger partial charge in [0.1, 0.15) is 0 Å². The van der Waals surface area contributed by atoms with Crippen LogP contribution in [0.5, 0.6) is 0 Å². The van der Waals surface area contributed by atoms with Gasteiger partial charge in [0.25, 0.3) is 0 Å². The van der Waals surface area contributed by atoms with Crippen molar-refractivity contribution in [2.75, 3.05) is 25.6 Å². The molecule has 1 N–H and O–H groups in total. The summed E-state index contributed by atoms with van der Waals surface area (Å²) < 4.78 is 5.60. The van der Waals surface area contributed by atoms with Crippen molar-refractivity contribution in [1.82, 2.24) is 5.32 Å². The lowest BCUT2D eigenvalue weighted by atomic mass is 10.1. The fourth-order valence-corrected chi connectivity index (χ4v) is 1.68. The molecule has 1 fully saturated rings. The summed E-state index contributed by atoms with van der Waals surface area (Å²) in [5.74, 6) is 0.792. The Morgan fingerprint density at radius 1 is 1.36 bits per heavy atom. The molecule has 0 aromatic heterocycles. The number of hydrogen-bond donors (Lipinski definition) is 1. The minimum absolute atomic E-state index is 0.0224.